The molecule has 4 fully saturated rings. The van der Waals surface area contributed by atoms with Gasteiger partial charge in [-0.05, 0) is 69.3 Å². The number of halogens is 2. The van der Waals surface area contributed by atoms with Crippen LogP contribution < -0.4 is 10.2 Å². The summed E-state index contributed by atoms with van der Waals surface area (Å²) in [5.41, 5.74) is 1.37. The number of likely N-dealkylation sites (tertiary alicyclic amines) is 1. The summed E-state index contributed by atoms with van der Waals surface area (Å²) in [7, 11) is 0. The van der Waals surface area contributed by atoms with Gasteiger partial charge in [0.05, 0.1) is 11.8 Å². The molecule has 3 heterocycles. The number of aromatic carboxylic acids is 1. The second-order valence-corrected chi connectivity index (χ2v) is 12.4. The molecule has 2 aliphatic carbocycles. The molecule has 2 aromatic rings. The van der Waals surface area contributed by atoms with Crippen LogP contribution in [0.3, 0.4) is 0 Å². The van der Waals surface area contributed by atoms with E-state index >= 15 is 0 Å². The number of carbonyl (C=O) groups is 2. The number of carboxylic acid groups (broad SMARTS) is 1. The number of hydrogen-bond donors (Lipinski definition) is 2. The van der Waals surface area contributed by atoms with Gasteiger partial charge in [0, 0.05) is 48.8 Å². The van der Waals surface area contributed by atoms with Crippen molar-refractivity contribution >= 4 is 40.9 Å². The molecule has 2 aliphatic heterocycles. The number of benzene rings is 1. The Morgan fingerprint density at radius 3 is 2.42 bits per heavy atom. The van der Waals surface area contributed by atoms with Crippen molar-refractivity contribution in [2.24, 2.45) is 0 Å². The number of piperazine rings is 1. The molecule has 1 amide bonds. The van der Waals surface area contributed by atoms with Crippen LogP contribution in [0.5, 0.6) is 0 Å². The zero-order valence-corrected chi connectivity index (χ0v) is 24.1. The molecule has 0 spiro atoms. The lowest BCUT2D eigenvalue weighted by molar-refractivity contribution is 0.0299. The average molecular weight is 588 g/mol. The van der Waals surface area contributed by atoms with Crippen molar-refractivity contribution in [3.05, 3.63) is 51.4 Å². The van der Waals surface area contributed by atoms with Crippen LogP contribution in [0.1, 0.15) is 77.8 Å². The third-order valence-electron chi connectivity index (χ3n) is 8.97. The Morgan fingerprint density at radius 2 is 1.73 bits per heavy atom. The van der Waals surface area contributed by atoms with Crippen LogP contribution in [0.2, 0.25) is 10.2 Å². The first-order valence-corrected chi connectivity index (χ1v) is 15.2. The van der Waals surface area contributed by atoms with Gasteiger partial charge in [-0.1, -0.05) is 42.1 Å². The van der Waals surface area contributed by atoms with E-state index in [1.165, 1.54) is 12.8 Å². The maximum atomic E-state index is 12.4. The minimum absolute atomic E-state index is 0.203. The number of piperidine rings is 1. The number of nitrogens with zero attached hydrogens (tertiary/aromatic N) is 5. The van der Waals surface area contributed by atoms with Crippen molar-refractivity contribution < 1.29 is 14.7 Å². The molecular formula is C29H36Cl2N6O3. The molecule has 4 aliphatic rings. The monoisotopic (exact) mass is 586 g/mol. The molecule has 40 heavy (non-hydrogen) atoms. The minimum Gasteiger partial charge on any atom is -0.478 e. The van der Waals surface area contributed by atoms with Gasteiger partial charge in [0.1, 0.15) is 5.69 Å². The van der Waals surface area contributed by atoms with Crippen LogP contribution in [0.15, 0.2) is 24.4 Å². The van der Waals surface area contributed by atoms with Crippen LogP contribution in [0.25, 0.3) is 0 Å². The fraction of sp³-hybridized carbons (Fsp3) is 0.586. The maximum absolute atomic E-state index is 12.4. The zero-order valence-electron chi connectivity index (χ0n) is 22.6. The summed E-state index contributed by atoms with van der Waals surface area (Å²) >= 11 is 12.7. The number of hydrogen-bond acceptors (Lipinski definition) is 7. The molecule has 0 radical (unpaired) electrons. The third-order valence-corrected chi connectivity index (χ3v) is 9.46. The fourth-order valence-corrected chi connectivity index (χ4v) is 7.22. The summed E-state index contributed by atoms with van der Waals surface area (Å²) in [6, 6.07) is 6.67. The number of amides is 1. The molecule has 9 nitrogen and oxygen atoms in total. The first-order valence-electron chi connectivity index (χ1n) is 14.5. The van der Waals surface area contributed by atoms with Crippen molar-refractivity contribution in [2.75, 3.05) is 31.1 Å². The fourth-order valence-electron chi connectivity index (χ4n) is 6.80. The van der Waals surface area contributed by atoms with E-state index in [4.69, 9.17) is 23.2 Å². The SMILES string of the molecule is O=C(NC1CC1)c1cnc(N2CCN(C3CCN(Cc4ccc(Cl)cc4C(=O)O)CC3)[C@@H]3CCCC[C@@H]32)c(Cl)n1. The molecule has 11 heteroatoms. The lowest BCUT2D eigenvalue weighted by Crippen LogP contribution is -2.64. The Balaban J connectivity index is 1.10. The van der Waals surface area contributed by atoms with Gasteiger partial charge in [-0.3, -0.25) is 14.6 Å². The lowest BCUT2D eigenvalue weighted by atomic mass is 9.84. The highest BCUT2D eigenvalue weighted by Crippen LogP contribution is 2.37. The van der Waals surface area contributed by atoms with Gasteiger partial charge in [0.2, 0.25) is 0 Å². The molecule has 1 aromatic heterocycles. The van der Waals surface area contributed by atoms with E-state index in [0.717, 1.165) is 70.3 Å². The highest BCUT2D eigenvalue weighted by Gasteiger charge is 2.42. The van der Waals surface area contributed by atoms with E-state index in [0.29, 0.717) is 40.7 Å². The van der Waals surface area contributed by atoms with Crippen LogP contribution in [0.4, 0.5) is 5.82 Å². The van der Waals surface area contributed by atoms with E-state index < -0.39 is 5.97 Å². The van der Waals surface area contributed by atoms with Crippen molar-refractivity contribution in [3.63, 3.8) is 0 Å². The van der Waals surface area contributed by atoms with Gasteiger partial charge in [0.15, 0.2) is 11.0 Å². The van der Waals surface area contributed by atoms with E-state index in [1.807, 2.05) is 6.07 Å². The van der Waals surface area contributed by atoms with Crippen LogP contribution in [0, 0.1) is 0 Å². The molecular weight excluding hydrogens is 551 g/mol. The molecule has 1 aromatic carbocycles. The second kappa shape index (κ2) is 11.8. The Morgan fingerprint density at radius 1 is 0.975 bits per heavy atom. The largest absolute Gasteiger partial charge is 0.478 e. The van der Waals surface area contributed by atoms with Crippen LogP contribution in [-0.4, -0.2) is 87.1 Å². The molecule has 2 saturated heterocycles. The Labute approximate surface area is 244 Å². The molecule has 214 valence electrons. The summed E-state index contributed by atoms with van der Waals surface area (Å²) in [4.78, 5) is 40.7. The van der Waals surface area contributed by atoms with Crippen molar-refractivity contribution in [2.45, 2.75) is 82.1 Å². The van der Waals surface area contributed by atoms with E-state index in [9.17, 15) is 14.7 Å². The Hall–Kier alpha value is -2.46. The van der Waals surface area contributed by atoms with Gasteiger partial charge in [-0.15, -0.1) is 0 Å². The number of rotatable bonds is 7. The average Bonchev–Trinajstić information content (AvgIpc) is 3.78. The lowest BCUT2D eigenvalue weighted by Gasteiger charge is -2.54. The summed E-state index contributed by atoms with van der Waals surface area (Å²) in [5, 5.41) is 13.3. The zero-order chi connectivity index (χ0) is 27.8. The summed E-state index contributed by atoms with van der Waals surface area (Å²) < 4.78 is 0. The summed E-state index contributed by atoms with van der Waals surface area (Å²) in [5.74, 6) is -0.451. The predicted octanol–water partition coefficient (Wildman–Crippen LogP) is 4.47. The number of carboxylic acids is 1. The normalized spacial score (nSPS) is 24.5. The topological polar surface area (TPSA) is 102 Å². The Kier molecular flexibility index (Phi) is 8.17. The van der Waals surface area contributed by atoms with Crippen LogP contribution in [-0.2, 0) is 6.54 Å². The van der Waals surface area contributed by atoms with Gasteiger partial charge in [-0.2, -0.15) is 0 Å². The van der Waals surface area contributed by atoms with Gasteiger partial charge in [-0.25, -0.2) is 14.8 Å². The number of anilines is 1. The Bertz CT molecular complexity index is 1270. The number of aromatic nitrogens is 2. The second-order valence-electron chi connectivity index (χ2n) is 11.6. The molecule has 2 N–H and O–H groups in total. The van der Waals surface area contributed by atoms with E-state index in [2.05, 4.69) is 30.0 Å². The number of nitrogens with one attached hydrogen (secondary N) is 1. The highest BCUT2D eigenvalue weighted by molar-refractivity contribution is 6.32. The quantitative estimate of drug-likeness (QED) is 0.490. The minimum atomic E-state index is -0.936. The van der Waals surface area contributed by atoms with Crippen molar-refractivity contribution in [3.8, 4) is 0 Å². The molecule has 0 bridgehead atoms. The standard InChI is InChI=1S/C29H36Cl2N6O3/c30-19-6-5-18(22(15-19)29(39)40)17-35-11-9-21(10-12-35)36-13-14-37(25-4-2-1-3-24(25)36)27-26(31)34-23(16-32-27)28(38)33-20-7-8-20/h5-6,15-16,20-21,24-25H,1-4,7-14,17H2,(H,33,38)(H,39,40)/t24-,25+/m1/s1. The third kappa shape index (κ3) is 5.93. The van der Waals surface area contributed by atoms with Crippen LogP contribution >= 0.6 is 23.2 Å². The summed E-state index contributed by atoms with van der Waals surface area (Å²) in [6.45, 7) is 4.26. The first kappa shape index (κ1) is 27.7. The van der Waals surface area contributed by atoms with Crippen molar-refractivity contribution in [1.29, 1.82) is 0 Å². The van der Waals surface area contributed by atoms with Crippen molar-refractivity contribution in [1.82, 2.24) is 25.1 Å². The first-order chi connectivity index (χ1) is 19.4. The van der Waals surface area contributed by atoms with Gasteiger partial charge < -0.3 is 15.3 Å². The predicted molar refractivity (Wildman–Crippen MR) is 154 cm³/mol. The molecule has 2 atom stereocenters. The van der Waals surface area contributed by atoms with Gasteiger partial charge in [0.25, 0.3) is 5.91 Å². The van der Waals surface area contributed by atoms with Gasteiger partial charge >= 0.3 is 5.97 Å². The number of fused-ring (bicyclic) bond motifs is 1. The smallest absolute Gasteiger partial charge is 0.336 e. The molecule has 0 unspecified atom stereocenters. The maximum Gasteiger partial charge on any atom is 0.336 e. The highest BCUT2D eigenvalue weighted by atomic mass is 35.5. The summed E-state index contributed by atoms with van der Waals surface area (Å²) in [6.07, 6.45) is 10.4. The molecule has 6 rings (SSSR count). The molecule has 2 saturated carbocycles. The van der Waals surface area contributed by atoms with E-state index in [1.54, 1.807) is 18.3 Å². The van der Waals surface area contributed by atoms with E-state index in [-0.39, 0.29) is 23.2 Å². The number of carbonyl (C=O) groups excluding carboxylic acids is 1.